The van der Waals surface area contributed by atoms with Gasteiger partial charge in [0.2, 0.25) is 0 Å². The molecule has 6 nitrogen and oxygen atoms in total. The van der Waals surface area contributed by atoms with E-state index in [-0.39, 0.29) is 17.9 Å². The number of hydrogen-bond acceptors (Lipinski definition) is 3. The second-order valence-electron chi connectivity index (χ2n) is 6.87. The highest BCUT2D eigenvalue weighted by atomic mass is 16.3. The van der Waals surface area contributed by atoms with Crippen molar-refractivity contribution in [2.75, 3.05) is 13.1 Å². The van der Waals surface area contributed by atoms with Crippen molar-refractivity contribution in [3.63, 3.8) is 0 Å². The lowest BCUT2D eigenvalue weighted by atomic mass is 9.90. The molecular formula is C18H26N4O2. The second kappa shape index (κ2) is 6.81. The summed E-state index contributed by atoms with van der Waals surface area (Å²) in [6.45, 7) is 5.50. The number of rotatable bonds is 4. The molecule has 1 aliphatic rings. The zero-order valence-corrected chi connectivity index (χ0v) is 14.6. The Balaban J connectivity index is 1.64. The van der Waals surface area contributed by atoms with E-state index in [0.717, 1.165) is 18.5 Å². The van der Waals surface area contributed by atoms with Crippen LogP contribution in [0.5, 0.6) is 0 Å². The maximum absolute atomic E-state index is 12.8. The highest BCUT2D eigenvalue weighted by Crippen LogP contribution is 2.30. The van der Waals surface area contributed by atoms with Gasteiger partial charge in [0.15, 0.2) is 0 Å². The second-order valence-corrected chi connectivity index (χ2v) is 6.87. The molecule has 24 heavy (non-hydrogen) atoms. The number of nitrogens with zero attached hydrogens (tertiary/aromatic N) is 4. The minimum Gasteiger partial charge on any atom is -0.385 e. The third-order valence-corrected chi connectivity index (χ3v) is 4.95. The van der Waals surface area contributed by atoms with E-state index in [0.29, 0.717) is 18.9 Å². The van der Waals surface area contributed by atoms with Crippen molar-refractivity contribution < 1.29 is 9.90 Å². The van der Waals surface area contributed by atoms with E-state index in [1.54, 1.807) is 6.20 Å². The Morgan fingerprint density at radius 2 is 2.00 bits per heavy atom. The molecule has 0 aliphatic carbocycles. The lowest BCUT2D eigenvalue weighted by Gasteiger charge is -2.34. The van der Waals surface area contributed by atoms with Crippen molar-refractivity contribution in [1.29, 1.82) is 0 Å². The molecular weight excluding hydrogens is 304 g/mol. The molecule has 0 spiro atoms. The van der Waals surface area contributed by atoms with Gasteiger partial charge in [-0.3, -0.25) is 4.79 Å². The summed E-state index contributed by atoms with van der Waals surface area (Å²) in [5.41, 5.74) is 0.744. The Morgan fingerprint density at radius 3 is 2.58 bits per heavy atom. The number of aliphatic hydroxyl groups excluding tert-OH is 1. The van der Waals surface area contributed by atoms with Crippen LogP contribution < -0.4 is 0 Å². The quantitative estimate of drug-likeness (QED) is 0.936. The lowest BCUT2D eigenvalue weighted by Crippen LogP contribution is -2.40. The summed E-state index contributed by atoms with van der Waals surface area (Å²) >= 11 is 0. The van der Waals surface area contributed by atoms with Crippen LogP contribution in [0, 0.1) is 5.92 Å². The number of aliphatic hydroxyl groups is 1. The molecule has 0 aromatic carbocycles. The molecule has 0 saturated carbocycles. The highest BCUT2D eigenvalue weighted by Gasteiger charge is 2.31. The minimum absolute atomic E-state index is 0.0821. The molecule has 6 heteroatoms. The summed E-state index contributed by atoms with van der Waals surface area (Å²) in [5.74, 6) is 0.930. The summed E-state index contributed by atoms with van der Waals surface area (Å²) in [6.07, 6.45) is 6.52. The first-order valence-corrected chi connectivity index (χ1v) is 8.60. The fourth-order valence-corrected chi connectivity index (χ4v) is 3.48. The number of hydrogen-bond donors (Lipinski definition) is 1. The van der Waals surface area contributed by atoms with Crippen LogP contribution in [0.3, 0.4) is 0 Å². The van der Waals surface area contributed by atoms with Gasteiger partial charge in [-0.05, 0) is 44.7 Å². The average molecular weight is 330 g/mol. The molecule has 1 amide bonds. The number of aryl methyl sites for hydroxylation is 1. The predicted octanol–water partition coefficient (Wildman–Crippen LogP) is 2.39. The van der Waals surface area contributed by atoms with Gasteiger partial charge in [-0.25, -0.2) is 4.98 Å². The molecule has 3 heterocycles. The Hall–Kier alpha value is -2.08. The van der Waals surface area contributed by atoms with Crippen molar-refractivity contribution in [2.24, 2.45) is 13.0 Å². The molecule has 1 saturated heterocycles. The van der Waals surface area contributed by atoms with Gasteiger partial charge >= 0.3 is 0 Å². The van der Waals surface area contributed by atoms with Gasteiger partial charge in [0, 0.05) is 44.8 Å². The maximum Gasteiger partial charge on any atom is 0.270 e. The SMILES string of the molecule is CC(C)n1cccc1C(=O)N1CCC(C(O)c2nccn2C)CC1. The van der Waals surface area contributed by atoms with Crippen LogP contribution >= 0.6 is 0 Å². The molecule has 0 radical (unpaired) electrons. The Bertz CT molecular complexity index is 695. The highest BCUT2D eigenvalue weighted by molar-refractivity contribution is 5.92. The van der Waals surface area contributed by atoms with E-state index >= 15 is 0 Å². The van der Waals surface area contributed by atoms with Crippen LogP contribution in [0.4, 0.5) is 0 Å². The van der Waals surface area contributed by atoms with Crippen molar-refractivity contribution in [1.82, 2.24) is 19.0 Å². The molecule has 1 unspecified atom stereocenters. The van der Waals surface area contributed by atoms with Gasteiger partial charge in [-0.1, -0.05) is 0 Å². The topological polar surface area (TPSA) is 63.3 Å². The number of piperidine rings is 1. The first-order valence-electron chi connectivity index (χ1n) is 8.60. The monoisotopic (exact) mass is 330 g/mol. The molecule has 3 rings (SSSR count). The van der Waals surface area contributed by atoms with Crippen molar-refractivity contribution >= 4 is 5.91 Å². The first kappa shape index (κ1) is 16.8. The molecule has 2 aromatic rings. The van der Waals surface area contributed by atoms with Gasteiger partial charge in [0.1, 0.15) is 17.6 Å². The third-order valence-electron chi connectivity index (χ3n) is 4.95. The number of aromatic nitrogens is 3. The summed E-state index contributed by atoms with van der Waals surface area (Å²) in [7, 11) is 1.89. The smallest absolute Gasteiger partial charge is 0.270 e. The van der Waals surface area contributed by atoms with Crippen molar-refractivity contribution in [3.8, 4) is 0 Å². The average Bonchev–Trinajstić information content (AvgIpc) is 3.22. The molecule has 1 fully saturated rings. The van der Waals surface area contributed by atoms with Crippen LogP contribution in [-0.2, 0) is 7.05 Å². The number of carbonyl (C=O) groups is 1. The number of amides is 1. The first-order chi connectivity index (χ1) is 11.5. The molecule has 0 bridgehead atoms. The van der Waals surface area contributed by atoms with Crippen LogP contribution in [0.15, 0.2) is 30.7 Å². The largest absolute Gasteiger partial charge is 0.385 e. The van der Waals surface area contributed by atoms with E-state index in [2.05, 4.69) is 18.8 Å². The van der Waals surface area contributed by atoms with Crippen molar-refractivity contribution in [3.05, 3.63) is 42.2 Å². The van der Waals surface area contributed by atoms with Crippen molar-refractivity contribution in [2.45, 2.75) is 38.8 Å². The molecule has 2 aromatic heterocycles. The lowest BCUT2D eigenvalue weighted by molar-refractivity contribution is 0.0413. The fraction of sp³-hybridized carbons (Fsp3) is 0.556. The molecule has 1 N–H and O–H groups in total. The van der Waals surface area contributed by atoms with Gasteiger partial charge in [-0.15, -0.1) is 0 Å². The number of imidazole rings is 1. The standard InChI is InChI=1S/C18H26N4O2/c1-13(2)22-9-4-5-15(22)18(24)21-10-6-14(7-11-21)16(23)17-19-8-12-20(17)3/h4-5,8-9,12-14,16,23H,6-7,10-11H2,1-3H3. The summed E-state index contributed by atoms with van der Waals surface area (Å²) in [4.78, 5) is 18.9. The van der Waals surface area contributed by atoms with Crippen LogP contribution in [-0.4, -0.2) is 43.1 Å². The van der Waals surface area contributed by atoms with Crippen LogP contribution in [0.1, 0.15) is 55.1 Å². The normalized spacial score (nSPS) is 17.5. The van der Waals surface area contributed by atoms with Gasteiger partial charge in [0.25, 0.3) is 5.91 Å². The zero-order valence-electron chi connectivity index (χ0n) is 14.6. The predicted molar refractivity (Wildman–Crippen MR) is 91.6 cm³/mol. The minimum atomic E-state index is -0.568. The number of likely N-dealkylation sites (tertiary alicyclic amines) is 1. The third kappa shape index (κ3) is 3.11. The summed E-state index contributed by atoms with van der Waals surface area (Å²) < 4.78 is 3.87. The maximum atomic E-state index is 12.8. The van der Waals surface area contributed by atoms with Gasteiger partial charge in [-0.2, -0.15) is 0 Å². The molecule has 1 aliphatic heterocycles. The van der Waals surface area contributed by atoms with Crippen LogP contribution in [0.25, 0.3) is 0 Å². The summed E-state index contributed by atoms with van der Waals surface area (Å²) in [5, 5.41) is 10.5. The van der Waals surface area contributed by atoms with E-state index in [9.17, 15) is 9.90 Å². The van der Waals surface area contributed by atoms with E-state index in [4.69, 9.17) is 0 Å². The Kier molecular flexibility index (Phi) is 4.76. The fourth-order valence-electron chi connectivity index (χ4n) is 3.48. The van der Waals surface area contributed by atoms with E-state index in [1.165, 1.54) is 0 Å². The van der Waals surface area contributed by atoms with Gasteiger partial charge in [0.05, 0.1) is 0 Å². The molecule has 130 valence electrons. The Labute approximate surface area is 142 Å². The van der Waals surface area contributed by atoms with E-state index in [1.807, 2.05) is 45.6 Å². The Morgan fingerprint density at radius 1 is 1.29 bits per heavy atom. The zero-order chi connectivity index (χ0) is 17.3. The van der Waals surface area contributed by atoms with Gasteiger partial charge < -0.3 is 19.1 Å². The summed E-state index contributed by atoms with van der Waals surface area (Å²) in [6, 6.07) is 4.07. The van der Waals surface area contributed by atoms with Crippen LogP contribution in [0.2, 0.25) is 0 Å². The molecule has 1 atom stereocenters. The van der Waals surface area contributed by atoms with E-state index < -0.39 is 6.10 Å². The number of carbonyl (C=O) groups excluding carboxylic acids is 1.